The van der Waals surface area contributed by atoms with E-state index in [0.29, 0.717) is 5.69 Å². The molecule has 2 atom stereocenters. The first-order valence-electron chi connectivity index (χ1n) is 11.7. The molecule has 6 N–H and O–H groups in total. The van der Waals surface area contributed by atoms with Crippen LogP contribution in [0.3, 0.4) is 0 Å². The van der Waals surface area contributed by atoms with Crippen LogP contribution in [0.25, 0.3) is 10.8 Å². The lowest BCUT2D eigenvalue weighted by atomic mass is 10.0. The van der Waals surface area contributed by atoms with Crippen molar-refractivity contribution in [3.05, 3.63) is 102 Å². The molecule has 190 valence electrons. The number of alkyl carbamates (subject to hydrolysis) is 1. The lowest BCUT2D eigenvalue weighted by Crippen LogP contribution is -2.56. The molecule has 0 radical (unpaired) electrons. The Kier molecular flexibility index (Phi) is 8.45. The van der Waals surface area contributed by atoms with E-state index in [2.05, 4.69) is 26.0 Å². The number of ether oxygens (including phenoxy) is 1. The van der Waals surface area contributed by atoms with Crippen LogP contribution in [0, 0.1) is 0 Å². The Morgan fingerprint density at radius 2 is 1.57 bits per heavy atom. The van der Waals surface area contributed by atoms with E-state index >= 15 is 0 Å². The third-order valence-electron chi connectivity index (χ3n) is 5.82. The van der Waals surface area contributed by atoms with Gasteiger partial charge in [-0.15, -0.1) is 0 Å². The molecule has 4 aromatic rings. The van der Waals surface area contributed by atoms with E-state index in [1.165, 1.54) is 6.33 Å². The first-order valence-corrected chi connectivity index (χ1v) is 11.7. The van der Waals surface area contributed by atoms with Crippen molar-refractivity contribution in [1.29, 1.82) is 0 Å². The number of hydrogen-bond acceptors (Lipinski definition) is 6. The van der Waals surface area contributed by atoms with Gasteiger partial charge >= 0.3 is 6.09 Å². The SMILES string of the molecule is NNC(=O)[C@H](Cc1c[nH]cn1)NC(=O)[C@H](Cc1ccc2ccccc2c1)NC(=O)OCc1ccccc1. The van der Waals surface area contributed by atoms with Gasteiger partial charge in [-0.25, -0.2) is 15.6 Å². The van der Waals surface area contributed by atoms with Crippen LogP contribution >= 0.6 is 0 Å². The standard InChI is InChI=1S/C27H28N6O4/c28-33-26(35)24(14-22-15-29-17-30-22)31-25(34)23(32-27(36)37-16-18-6-2-1-3-7-18)13-19-10-11-20-8-4-5-9-21(20)12-19/h1-12,15,17,23-24H,13-14,16,28H2,(H,29,30)(H,31,34)(H,32,36)(H,33,35)/t23-,24-/m0/s1. The van der Waals surface area contributed by atoms with Crippen molar-refractivity contribution >= 4 is 28.7 Å². The van der Waals surface area contributed by atoms with Crippen molar-refractivity contribution in [3.8, 4) is 0 Å². The molecule has 10 nitrogen and oxygen atoms in total. The Morgan fingerprint density at radius 1 is 0.838 bits per heavy atom. The summed E-state index contributed by atoms with van der Waals surface area (Å²) in [5, 5.41) is 7.40. The smallest absolute Gasteiger partial charge is 0.408 e. The van der Waals surface area contributed by atoms with Crippen LogP contribution in [0.2, 0.25) is 0 Å². The Labute approximate surface area is 213 Å². The zero-order valence-electron chi connectivity index (χ0n) is 20.0. The Balaban J connectivity index is 1.50. The van der Waals surface area contributed by atoms with Gasteiger partial charge in [-0.3, -0.25) is 15.0 Å². The van der Waals surface area contributed by atoms with E-state index in [4.69, 9.17) is 10.6 Å². The molecule has 3 amide bonds. The molecule has 0 spiro atoms. The third kappa shape index (κ3) is 7.15. The Morgan fingerprint density at radius 3 is 2.30 bits per heavy atom. The summed E-state index contributed by atoms with van der Waals surface area (Å²) in [6, 6.07) is 20.9. The molecule has 1 aromatic heterocycles. The van der Waals surface area contributed by atoms with Gasteiger partial charge in [-0.05, 0) is 21.9 Å². The number of carbonyl (C=O) groups excluding carboxylic acids is 3. The fourth-order valence-electron chi connectivity index (χ4n) is 3.91. The number of aromatic amines is 1. The Bertz CT molecular complexity index is 1340. The van der Waals surface area contributed by atoms with Gasteiger partial charge in [-0.2, -0.15) is 0 Å². The highest BCUT2D eigenvalue weighted by molar-refractivity contribution is 5.91. The fraction of sp³-hybridized carbons (Fsp3) is 0.185. The summed E-state index contributed by atoms with van der Waals surface area (Å²) in [7, 11) is 0. The predicted molar refractivity (Wildman–Crippen MR) is 138 cm³/mol. The summed E-state index contributed by atoms with van der Waals surface area (Å²) in [5.41, 5.74) is 4.27. The maximum atomic E-state index is 13.3. The summed E-state index contributed by atoms with van der Waals surface area (Å²) < 4.78 is 5.33. The number of H-pyrrole nitrogens is 1. The number of nitrogens with zero attached hydrogens (tertiary/aromatic N) is 1. The molecule has 0 bridgehead atoms. The molecule has 10 heteroatoms. The molecule has 0 fully saturated rings. The number of benzene rings is 3. The van der Waals surface area contributed by atoms with Crippen LogP contribution in [0.5, 0.6) is 0 Å². The number of nitrogens with two attached hydrogens (primary N) is 1. The Hall–Kier alpha value is -4.70. The summed E-state index contributed by atoms with van der Waals surface area (Å²) in [6.45, 7) is 0.0500. The van der Waals surface area contributed by atoms with Gasteiger partial charge in [0.2, 0.25) is 5.91 Å². The maximum absolute atomic E-state index is 13.3. The number of imidazole rings is 1. The van der Waals surface area contributed by atoms with Crippen molar-refractivity contribution in [3.63, 3.8) is 0 Å². The molecule has 4 rings (SSSR count). The fourth-order valence-corrected chi connectivity index (χ4v) is 3.91. The van der Waals surface area contributed by atoms with E-state index < -0.39 is 30.0 Å². The summed E-state index contributed by atoms with van der Waals surface area (Å²) in [5.74, 6) is 4.19. The minimum Gasteiger partial charge on any atom is -0.445 e. The van der Waals surface area contributed by atoms with E-state index in [1.54, 1.807) is 6.20 Å². The average Bonchev–Trinajstić information content (AvgIpc) is 3.44. The molecule has 0 aliphatic rings. The van der Waals surface area contributed by atoms with E-state index in [-0.39, 0.29) is 19.4 Å². The molecule has 0 saturated carbocycles. The monoisotopic (exact) mass is 500 g/mol. The van der Waals surface area contributed by atoms with Crippen molar-refractivity contribution < 1.29 is 19.1 Å². The normalized spacial score (nSPS) is 12.4. The predicted octanol–water partition coefficient (Wildman–Crippen LogP) is 2.12. The number of hydrogen-bond donors (Lipinski definition) is 5. The van der Waals surface area contributed by atoms with Gasteiger partial charge in [0.25, 0.3) is 5.91 Å². The molecule has 1 heterocycles. The highest BCUT2D eigenvalue weighted by atomic mass is 16.5. The van der Waals surface area contributed by atoms with Crippen molar-refractivity contribution in [2.75, 3.05) is 0 Å². The number of rotatable bonds is 10. The van der Waals surface area contributed by atoms with E-state index in [9.17, 15) is 14.4 Å². The zero-order chi connectivity index (χ0) is 26.0. The topological polar surface area (TPSA) is 151 Å². The third-order valence-corrected chi connectivity index (χ3v) is 5.82. The van der Waals surface area contributed by atoms with Crippen molar-refractivity contribution in [1.82, 2.24) is 26.0 Å². The highest BCUT2D eigenvalue weighted by Crippen LogP contribution is 2.17. The molecule has 0 aliphatic heterocycles. The second kappa shape index (κ2) is 12.3. The van der Waals surface area contributed by atoms with Gasteiger partial charge in [0, 0.05) is 19.0 Å². The van der Waals surface area contributed by atoms with Crippen LogP contribution < -0.4 is 21.9 Å². The summed E-state index contributed by atoms with van der Waals surface area (Å²) >= 11 is 0. The van der Waals surface area contributed by atoms with Gasteiger partial charge < -0.3 is 20.4 Å². The number of hydrazine groups is 1. The maximum Gasteiger partial charge on any atom is 0.408 e. The summed E-state index contributed by atoms with van der Waals surface area (Å²) in [6.07, 6.45) is 2.63. The molecular weight excluding hydrogens is 472 g/mol. The molecule has 37 heavy (non-hydrogen) atoms. The number of amides is 3. The number of carbonyl (C=O) groups is 3. The van der Waals surface area contributed by atoms with Crippen LogP contribution in [0.1, 0.15) is 16.8 Å². The quantitative estimate of drug-likeness (QED) is 0.128. The van der Waals surface area contributed by atoms with Crippen molar-refractivity contribution in [2.24, 2.45) is 5.84 Å². The molecule has 0 unspecified atom stereocenters. The first-order chi connectivity index (χ1) is 18.0. The van der Waals surface area contributed by atoms with Crippen molar-refractivity contribution in [2.45, 2.75) is 31.5 Å². The van der Waals surface area contributed by atoms with Crippen LogP contribution in [0.4, 0.5) is 4.79 Å². The second-order valence-electron chi connectivity index (χ2n) is 8.48. The van der Waals surface area contributed by atoms with Crippen LogP contribution in [-0.4, -0.2) is 40.0 Å². The largest absolute Gasteiger partial charge is 0.445 e. The lowest BCUT2D eigenvalue weighted by molar-refractivity contribution is -0.130. The van der Waals surface area contributed by atoms with E-state index in [1.807, 2.05) is 72.8 Å². The summed E-state index contributed by atoms with van der Waals surface area (Å²) in [4.78, 5) is 45.3. The molecule has 0 saturated heterocycles. The van der Waals surface area contributed by atoms with Gasteiger partial charge in [-0.1, -0.05) is 72.8 Å². The van der Waals surface area contributed by atoms with Gasteiger partial charge in [0.15, 0.2) is 0 Å². The number of fused-ring (bicyclic) bond motifs is 1. The highest BCUT2D eigenvalue weighted by Gasteiger charge is 2.28. The molecule has 3 aromatic carbocycles. The van der Waals surface area contributed by atoms with Gasteiger partial charge in [0.05, 0.1) is 12.0 Å². The van der Waals surface area contributed by atoms with Crippen LogP contribution in [-0.2, 0) is 33.8 Å². The number of nitrogens with one attached hydrogen (secondary N) is 4. The zero-order valence-corrected chi connectivity index (χ0v) is 20.0. The lowest BCUT2D eigenvalue weighted by Gasteiger charge is -2.22. The average molecular weight is 501 g/mol. The first kappa shape index (κ1) is 25.4. The van der Waals surface area contributed by atoms with Gasteiger partial charge in [0.1, 0.15) is 18.7 Å². The molecular formula is C27H28N6O4. The van der Waals surface area contributed by atoms with E-state index in [0.717, 1.165) is 21.9 Å². The molecule has 0 aliphatic carbocycles. The minimum atomic E-state index is -1.02. The minimum absolute atomic E-state index is 0.0500. The van der Waals surface area contributed by atoms with Crippen LogP contribution in [0.15, 0.2) is 85.3 Å². The second-order valence-corrected chi connectivity index (χ2v) is 8.48. The number of aromatic nitrogens is 2.